The van der Waals surface area contributed by atoms with Gasteiger partial charge in [-0.3, -0.25) is 9.48 Å². The fraction of sp³-hybridized carbons (Fsp3) is 0.462. The van der Waals surface area contributed by atoms with Crippen LogP contribution < -0.4 is 5.32 Å². The SMILES string of the molecule is CC(C)C[C@H](NC(=O)c1ccc[nH]1)c1ncnn1C. The van der Waals surface area contributed by atoms with Crippen LogP contribution in [0.3, 0.4) is 0 Å². The number of aromatic nitrogens is 4. The summed E-state index contributed by atoms with van der Waals surface area (Å²) in [5.74, 6) is 1.10. The molecule has 6 heteroatoms. The van der Waals surface area contributed by atoms with Crippen LogP contribution in [-0.4, -0.2) is 25.7 Å². The summed E-state index contributed by atoms with van der Waals surface area (Å²) in [5.41, 5.74) is 0.552. The summed E-state index contributed by atoms with van der Waals surface area (Å²) in [4.78, 5) is 19.2. The number of carbonyl (C=O) groups is 1. The summed E-state index contributed by atoms with van der Waals surface area (Å²) < 4.78 is 1.70. The molecule has 2 rings (SSSR count). The van der Waals surface area contributed by atoms with E-state index in [-0.39, 0.29) is 11.9 Å². The number of aryl methyl sites for hydroxylation is 1. The summed E-state index contributed by atoms with van der Waals surface area (Å²) in [6, 6.07) is 3.41. The number of H-pyrrole nitrogens is 1. The Balaban J connectivity index is 2.15. The van der Waals surface area contributed by atoms with E-state index in [9.17, 15) is 4.79 Å². The molecule has 2 aromatic rings. The van der Waals surface area contributed by atoms with Gasteiger partial charge in [0.25, 0.3) is 5.91 Å². The highest BCUT2D eigenvalue weighted by molar-refractivity contribution is 5.92. The van der Waals surface area contributed by atoms with E-state index in [0.717, 1.165) is 12.2 Å². The van der Waals surface area contributed by atoms with Crippen molar-refractivity contribution in [2.75, 3.05) is 0 Å². The molecule has 1 atom stereocenters. The topological polar surface area (TPSA) is 75.6 Å². The minimum absolute atomic E-state index is 0.126. The zero-order valence-electron chi connectivity index (χ0n) is 11.4. The smallest absolute Gasteiger partial charge is 0.268 e. The number of hydrogen-bond donors (Lipinski definition) is 2. The van der Waals surface area contributed by atoms with E-state index in [1.165, 1.54) is 6.33 Å². The third kappa shape index (κ3) is 3.21. The van der Waals surface area contributed by atoms with Crippen molar-refractivity contribution in [3.63, 3.8) is 0 Å². The number of nitrogens with zero attached hydrogens (tertiary/aromatic N) is 3. The molecule has 2 N–H and O–H groups in total. The Kier molecular flexibility index (Phi) is 3.99. The second-order valence-corrected chi connectivity index (χ2v) is 4.98. The standard InChI is InChI=1S/C13H19N5O/c1-9(2)7-11(12-15-8-16-18(12)3)17-13(19)10-5-4-6-14-10/h4-6,8-9,11,14H,7H2,1-3H3,(H,17,19)/t11-/m0/s1. The minimum atomic E-state index is -0.136. The van der Waals surface area contributed by atoms with Gasteiger partial charge in [0.05, 0.1) is 6.04 Å². The Labute approximate surface area is 112 Å². The predicted octanol–water partition coefficient (Wildman–Crippen LogP) is 1.66. The Morgan fingerprint density at radius 1 is 1.53 bits per heavy atom. The van der Waals surface area contributed by atoms with Crippen LogP contribution in [0.2, 0.25) is 0 Å². The molecule has 0 saturated carbocycles. The molecule has 0 unspecified atom stereocenters. The largest absolute Gasteiger partial charge is 0.357 e. The molecular formula is C13H19N5O. The molecule has 0 aromatic carbocycles. The van der Waals surface area contributed by atoms with Crippen molar-refractivity contribution >= 4 is 5.91 Å². The second-order valence-electron chi connectivity index (χ2n) is 4.98. The number of aromatic amines is 1. The minimum Gasteiger partial charge on any atom is -0.357 e. The van der Waals surface area contributed by atoms with E-state index in [4.69, 9.17) is 0 Å². The molecule has 0 aliphatic carbocycles. The maximum atomic E-state index is 12.1. The maximum Gasteiger partial charge on any atom is 0.268 e. The monoisotopic (exact) mass is 261 g/mol. The van der Waals surface area contributed by atoms with E-state index in [1.54, 1.807) is 23.0 Å². The molecule has 0 radical (unpaired) electrons. The number of hydrogen-bond acceptors (Lipinski definition) is 3. The molecule has 102 valence electrons. The fourth-order valence-corrected chi connectivity index (χ4v) is 2.03. The van der Waals surface area contributed by atoms with Gasteiger partial charge < -0.3 is 10.3 Å². The number of nitrogens with one attached hydrogen (secondary N) is 2. The van der Waals surface area contributed by atoms with Gasteiger partial charge in [0.15, 0.2) is 0 Å². The van der Waals surface area contributed by atoms with Crippen LogP contribution in [0.25, 0.3) is 0 Å². The molecule has 0 saturated heterocycles. The first kappa shape index (κ1) is 13.3. The molecular weight excluding hydrogens is 242 g/mol. The van der Waals surface area contributed by atoms with E-state index in [0.29, 0.717) is 11.6 Å². The quantitative estimate of drug-likeness (QED) is 0.859. The zero-order valence-corrected chi connectivity index (χ0v) is 11.4. The fourth-order valence-electron chi connectivity index (χ4n) is 2.03. The van der Waals surface area contributed by atoms with Gasteiger partial charge >= 0.3 is 0 Å². The third-order valence-electron chi connectivity index (χ3n) is 2.91. The van der Waals surface area contributed by atoms with Gasteiger partial charge in [-0.15, -0.1) is 0 Å². The molecule has 0 fully saturated rings. The lowest BCUT2D eigenvalue weighted by molar-refractivity contribution is 0.0924. The van der Waals surface area contributed by atoms with Crippen molar-refractivity contribution < 1.29 is 4.79 Å². The van der Waals surface area contributed by atoms with Crippen LogP contribution in [0.1, 0.15) is 42.6 Å². The summed E-state index contributed by atoms with van der Waals surface area (Å²) in [5, 5.41) is 7.06. The van der Waals surface area contributed by atoms with Crippen LogP contribution in [0.5, 0.6) is 0 Å². The van der Waals surface area contributed by atoms with Crippen molar-refractivity contribution in [3.8, 4) is 0 Å². The molecule has 2 heterocycles. The summed E-state index contributed by atoms with van der Waals surface area (Å²) in [6.45, 7) is 4.23. The molecule has 19 heavy (non-hydrogen) atoms. The van der Waals surface area contributed by atoms with Crippen LogP contribution in [-0.2, 0) is 7.05 Å². The van der Waals surface area contributed by atoms with Crippen LogP contribution >= 0.6 is 0 Å². The molecule has 0 aliphatic heterocycles. The van der Waals surface area contributed by atoms with E-state index in [2.05, 4.69) is 34.2 Å². The maximum absolute atomic E-state index is 12.1. The highest BCUT2D eigenvalue weighted by Crippen LogP contribution is 2.19. The molecule has 0 spiro atoms. The van der Waals surface area contributed by atoms with Crippen molar-refractivity contribution in [1.29, 1.82) is 0 Å². The van der Waals surface area contributed by atoms with Gasteiger partial charge in [-0.05, 0) is 24.5 Å². The Morgan fingerprint density at radius 2 is 2.32 bits per heavy atom. The lowest BCUT2D eigenvalue weighted by Crippen LogP contribution is -2.31. The van der Waals surface area contributed by atoms with Crippen molar-refractivity contribution in [2.24, 2.45) is 13.0 Å². The summed E-state index contributed by atoms with van der Waals surface area (Å²) >= 11 is 0. The highest BCUT2D eigenvalue weighted by atomic mass is 16.1. The zero-order chi connectivity index (χ0) is 13.8. The lowest BCUT2D eigenvalue weighted by Gasteiger charge is -2.19. The highest BCUT2D eigenvalue weighted by Gasteiger charge is 2.21. The summed E-state index contributed by atoms with van der Waals surface area (Å²) in [6.07, 6.45) is 4.05. The molecule has 0 bridgehead atoms. The normalized spacial score (nSPS) is 12.6. The first-order valence-corrected chi connectivity index (χ1v) is 6.36. The number of carbonyl (C=O) groups excluding carboxylic acids is 1. The van der Waals surface area contributed by atoms with Gasteiger partial charge in [-0.1, -0.05) is 13.8 Å². The second kappa shape index (κ2) is 5.69. The van der Waals surface area contributed by atoms with E-state index >= 15 is 0 Å². The van der Waals surface area contributed by atoms with E-state index in [1.807, 2.05) is 7.05 Å². The van der Waals surface area contributed by atoms with Crippen LogP contribution in [0.15, 0.2) is 24.7 Å². The Morgan fingerprint density at radius 3 is 2.84 bits per heavy atom. The number of amides is 1. The van der Waals surface area contributed by atoms with Crippen molar-refractivity contribution in [2.45, 2.75) is 26.3 Å². The van der Waals surface area contributed by atoms with Crippen LogP contribution in [0, 0.1) is 5.92 Å². The molecule has 6 nitrogen and oxygen atoms in total. The first-order chi connectivity index (χ1) is 9.08. The predicted molar refractivity (Wildman–Crippen MR) is 71.5 cm³/mol. The average molecular weight is 261 g/mol. The molecule has 0 aliphatic rings. The van der Waals surface area contributed by atoms with Crippen LogP contribution in [0.4, 0.5) is 0 Å². The van der Waals surface area contributed by atoms with Gasteiger partial charge in [-0.2, -0.15) is 5.10 Å². The molecule has 1 amide bonds. The van der Waals surface area contributed by atoms with Gasteiger partial charge in [-0.25, -0.2) is 4.98 Å². The molecule has 2 aromatic heterocycles. The Hall–Kier alpha value is -2.11. The van der Waals surface area contributed by atoms with Crippen molar-refractivity contribution in [1.82, 2.24) is 25.1 Å². The lowest BCUT2D eigenvalue weighted by atomic mass is 10.0. The third-order valence-corrected chi connectivity index (χ3v) is 2.91. The van der Waals surface area contributed by atoms with Crippen molar-refractivity contribution in [3.05, 3.63) is 36.2 Å². The van der Waals surface area contributed by atoms with Gasteiger partial charge in [0.2, 0.25) is 0 Å². The number of rotatable bonds is 5. The van der Waals surface area contributed by atoms with E-state index < -0.39 is 0 Å². The average Bonchev–Trinajstić information content (AvgIpc) is 2.97. The van der Waals surface area contributed by atoms with Gasteiger partial charge in [0, 0.05) is 13.2 Å². The Bertz CT molecular complexity index is 529. The first-order valence-electron chi connectivity index (χ1n) is 6.36. The summed E-state index contributed by atoms with van der Waals surface area (Å²) in [7, 11) is 1.83. The van der Waals surface area contributed by atoms with Gasteiger partial charge in [0.1, 0.15) is 17.8 Å².